The summed E-state index contributed by atoms with van der Waals surface area (Å²) >= 11 is 0. The van der Waals surface area contributed by atoms with Gasteiger partial charge in [-0.05, 0) is 39.0 Å². The molecule has 0 spiro atoms. The Kier molecular flexibility index (Phi) is 2.87. The standard InChI is InChI=1S/C11H20N2O2/c1-7(2)15-11(14)13-6-8-3-4-9(13)5-10(8)12/h7-10H,3-6,12H2,1-2H3. The van der Waals surface area contributed by atoms with Crippen molar-refractivity contribution in [2.45, 2.75) is 51.3 Å². The van der Waals surface area contributed by atoms with Gasteiger partial charge in [-0.2, -0.15) is 0 Å². The first kappa shape index (κ1) is 10.7. The van der Waals surface area contributed by atoms with E-state index in [1.165, 1.54) is 0 Å². The molecular weight excluding hydrogens is 192 g/mol. The molecule has 4 heteroatoms. The first-order valence-corrected chi connectivity index (χ1v) is 5.80. The lowest BCUT2D eigenvalue weighted by Gasteiger charge is -2.47. The Morgan fingerprint density at radius 3 is 2.67 bits per heavy atom. The molecule has 0 aromatic rings. The molecule has 3 aliphatic rings. The van der Waals surface area contributed by atoms with Gasteiger partial charge in [0, 0.05) is 18.6 Å². The predicted octanol–water partition coefficient (Wildman–Crippen LogP) is 1.34. The van der Waals surface area contributed by atoms with Crippen molar-refractivity contribution in [3.05, 3.63) is 0 Å². The second-order valence-electron chi connectivity index (χ2n) is 4.98. The second kappa shape index (κ2) is 4.00. The molecule has 2 bridgehead atoms. The SMILES string of the molecule is CC(C)OC(=O)N1CC2CCC1CC2N. The zero-order valence-electron chi connectivity index (χ0n) is 9.48. The highest BCUT2D eigenvalue weighted by atomic mass is 16.6. The monoisotopic (exact) mass is 212 g/mol. The Bertz CT molecular complexity index is 255. The predicted molar refractivity (Wildman–Crippen MR) is 57.4 cm³/mol. The Hall–Kier alpha value is -0.770. The Morgan fingerprint density at radius 2 is 2.20 bits per heavy atom. The molecule has 86 valence electrons. The Balaban J connectivity index is 1.97. The van der Waals surface area contributed by atoms with E-state index in [2.05, 4.69) is 0 Å². The van der Waals surface area contributed by atoms with Crippen LogP contribution in [0.25, 0.3) is 0 Å². The molecule has 0 radical (unpaired) electrons. The molecule has 15 heavy (non-hydrogen) atoms. The molecule has 1 aliphatic carbocycles. The van der Waals surface area contributed by atoms with E-state index in [-0.39, 0.29) is 18.2 Å². The third kappa shape index (κ3) is 2.09. The zero-order valence-corrected chi connectivity index (χ0v) is 9.48. The van der Waals surface area contributed by atoms with Crippen LogP contribution in [0.1, 0.15) is 33.1 Å². The van der Waals surface area contributed by atoms with Crippen LogP contribution in [0.4, 0.5) is 4.79 Å². The van der Waals surface area contributed by atoms with Crippen LogP contribution < -0.4 is 5.73 Å². The van der Waals surface area contributed by atoms with Crippen molar-refractivity contribution in [2.75, 3.05) is 6.54 Å². The first-order valence-electron chi connectivity index (χ1n) is 5.80. The van der Waals surface area contributed by atoms with Gasteiger partial charge in [0.25, 0.3) is 0 Å². The van der Waals surface area contributed by atoms with E-state index in [1.807, 2.05) is 18.7 Å². The van der Waals surface area contributed by atoms with Crippen LogP contribution in [0.3, 0.4) is 0 Å². The third-order valence-electron chi connectivity index (χ3n) is 3.46. The van der Waals surface area contributed by atoms with Gasteiger partial charge in [-0.15, -0.1) is 0 Å². The maximum Gasteiger partial charge on any atom is 0.410 e. The van der Waals surface area contributed by atoms with Crippen molar-refractivity contribution >= 4 is 6.09 Å². The molecule has 3 unspecified atom stereocenters. The van der Waals surface area contributed by atoms with E-state index in [0.29, 0.717) is 12.0 Å². The summed E-state index contributed by atoms with van der Waals surface area (Å²) in [7, 11) is 0. The normalized spacial score (nSPS) is 34.7. The number of amides is 1. The number of hydrogen-bond donors (Lipinski definition) is 1. The topological polar surface area (TPSA) is 55.6 Å². The molecule has 1 amide bonds. The van der Waals surface area contributed by atoms with Crippen LogP contribution >= 0.6 is 0 Å². The van der Waals surface area contributed by atoms with Crippen LogP contribution in [0.5, 0.6) is 0 Å². The van der Waals surface area contributed by atoms with Crippen molar-refractivity contribution in [2.24, 2.45) is 11.7 Å². The number of carbonyl (C=O) groups excluding carboxylic acids is 1. The lowest BCUT2D eigenvalue weighted by Crippen LogP contribution is -2.58. The number of fused-ring (bicyclic) bond motifs is 3. The Morgan fingerprint density at radius 1 is 1.47 bits per heavy atom. The molecule has 3 fully saturated rings. The number of piperidine rings is 2. The van der Waals surface area contributed by atoms with Gasteiger partial charge < -0.3 is 15.4 Å². The van der Waals surface area contributed by atoms with Crippen LogP contribution in [0.2, 0.25) is 0 Å². The molecule has 3 atom stereocenters. The number of hydrogen-bond acceptors (Lipinski definition) is 3. The summed E-state index contributed by atoms with van der Waals surface area (Å²) < 4.78 is 5.22. The van der Waals surface area contributed by atoms with Crippen molar-refractivity contribution in [1.82, 2.24) is 4.90 Å². The number of nitrogens with two attached hydrogens (primary N) is 1. The van der Waals surface area contributed by atoms with Crippen molar-refractivity contribution < 1.29 is 9.53 Å². The quantitative estimate of drug-likeness (QED) is 0.713. The van der Waals surface area contributed by atoms with E-state index in [9.17, 15) is 4.79 Å². The fraction of sp³-hybridized carbons (Fsp3) is 0.909. The van der Waals surface area contributed by atoms with E-state index >= 15 is 0 Å². The van der Waals surface area contributed by atoms with E-state index in [0.717, 1.165) is 25.8 Å². The van der Waals surface area contributed by atoms with Gasteiger partial charge in [0.05, 0.1) is 6.10 Å². The Labute approximate surface area is 90.8 Å². The molecule has 2 saturated heterocycles. The van der Waals surface area contributed by atoms with Crippen LogP contribution in [0, 0.1) is 5.92 Å². The molecule has 2 aliphatic heterocycles. The van der Waals surface area contributed by atoms with Crippen molar-refractivity contribution in [1.29, 1.82) is 0 Å². The summed E-state index contributed by atoms with van der Waals surface area (Å²) in [6.45, 7) is 4.55. The number of carbonyl (C=O) groups is 1. The van der Waals surface area contributed by atoms with Crippen molar-refractivity contribution in [3.8, 4) is 0 Å². The average molecular weight is 212 g/mol. The molecule has 0 aromatic heterocycles. The van der Waals surface area contributed by atoms with Crippen LogP contribution in [-0.4, -0.2) is 35.7 Å². The van der Waals surface area contributed by atoms with E-state index < -0.39 is 0 Å². The molecule has 2 N–H and O–H groups in total. The lowest BCUT2D eigenvalue weighted by atomic mass is 9.77. The molecule has 2 heterocycles. The van der Waals surface area contributed by atoms with Gasteiger partial charge in [-0.3, -0.25) is 0 Å². The summed E-state index contributed by atoms with van der Waals surface area (Å²) in [4.78, 5) is 13.6. The van der Waals surface area contributed by atoms with Crippen LogP contribution in [0.15, 0.2) is 0 Å². The highest BCUT2D eigenvalue weighted by Gasteiger charge is 2.41. The summed E-state index contributed by atoms with van der Waals surface area (Å²) in [5, 5.41) is 0. The zero-order chi connectivity index (χ0) is 11.0. The summed E-state index contributed by atoms with van der Waals surface area (Å²) in [5.41, 5.74) is 6.00. The molecular formula is C11H20N2O2. The largest absolute Gasteiger partial charge is 0.447 e. The smallest absolute Gasteiger partial charge is 0.410 e. The van der Waals surface area contributed by atoms with Crippen molar-refractivity contribution in [3.63, 3.8) is 0 Å². The maximum absolute atomic E-state index is 11.8. The fourth-order valence-corrected chi connectivity index (χ4v) is 2.65. The van der Waals surface area contributed by atoms with E-state index in [4.69, 9.17) is 10.5 Å². The van der Waals surface area contributed by atoms with Crippen LogP contribution in [-0.2, 0) is 4.74 Å². The first-order chi connectivity index (χ1) is 7.08. The third-order valence-corrected chi connectivity index (χ3v) is 3.46. The summed E-state index contributed by atoms with van der Waals surface area (Å²) in [6, 6.07) is 0.600. The molecule has 3 rings (SSSR count). The molecule has 1 saturated carbocycles. The number of ether oxygens (including phenoxy) is 1. The summed E-state index contributed by atoms with van der Waals surface area (Å²) in [6.07, 6.45) is 3.00. The van der Waals surface area contributed by atoms with Gasteiger partial charge in [0.2, 0.25) is 0 Å². The minimum Gasteiger partial charge on any atom is -0.447 e. The molecule has 4 nitrogen and oxygen atoms in total. The second-order valence-corrected chi connectivity index (χ2v) is 4.98. The van der Waals surface area contributed by atoms with Gasteiger partial charge in [0.15, 0.2) is 0 Å². The van der Waals surface area contributed by atoms with Gasteiger partial charge in [-0.1, -0.05) is 0 Å². The number of nitrogens with zero attached hydrogens (tertiary/aromatic N) is 1. The lowest BCUT2D eigenvalue weighted by molar-refractivity contribution is 0.00967. The van der Waals surface area contributed by atoms with Gasteiger partial charge >= 0.3 is 6.09 Å². The minimum absolute atomic E-state index is 0.0355. The maximum atomic E-state index is 11.8. The average Bonchev–Trinajstić information content (AvgIpc) is 2.17. The minimum atomic E-state index is -0.161. The highest BCUT2D eigenvalue weighted by molar-refractivity contribution is 5.68. The van der Waals surface area contributed by atoms with Gasteiger partial charge in [0.1, 0.15) is 0 Å². The molecule has 0 aromatic carbocycles. The number of rotatable bonds is 1. The fourth-order valence-electron chi connectivity index (χ4n) is 2.65. The van der Waals surface area contributed by atoms with E-state index in [1.54, 1.807) is 0 Å². The summed E-state index contributed by atoms with van der Waals surface area (Å²) in [5.74, 6) is 0.481. The van der Waals surface area contributed by atoms with Gasteiger partial charge in [-0.25, -0.2) is 4.79 Å². The highest BCUT2D eigenvalue weighted by Crippen LogP contribution is 2.34.